The van der Waals surface area contributed by atoms with Gasteiger partial charge < -0.3 is 9.16 Å². The van der Waals surface area contributed by atoms with E-state index in [-0.39, 0.29) is 11.0 Å². The Morgan fingerprint density at radius 3 is 2.39 bits per heavy atom. The number of hydrogen-bond acceptors (Lipinski definition) is 3. The van der Waals surface area contributed by atoms with E-state index >= 15 is 0 Å². The summed E-state index contributed by atoms with van der Waals surface area (Å²) in [6, 6.07) is 8.00. The summed E-state index contributed by atoms with van der Waals surface area (Å²) >= 11 is 0. The highest BCUT2D eigenvalue weighted by atomic mass is 28.4. The van der Waals surface area contributed by atoms with E-state index in [0.717, 1.165) is 23.3 Å². The fourth-order valence-electron chi connectivity index (χ4n) is 1.92. The van der Waals surface area contributed by atoms with Crippen LogP contribution in [0.2, 0.25) is 18.1 Å². The van der Waals surface area contributed by atoms with Crippen molar-refractivity contribution in [3.05, 3.63) is 35.9 Å². The molecule has 0 atom stereocenters. The summed E-state index contributed by atoms with van der Waals surface area (Å²) in [4.78, 5) is 11.7. The molecule has 0 radical (unpaired) electrons. The number of carbonyl (C=O) groups excluding carboxylic acids is 1. The molecule has 0 aliphatic rings. The molecule has 1 rings (SSSR count). The normalized spacial score (nSPS) is 12.9. The molecule has 1 aromatic rings. The van der Waals surface area contributed by atoms with E-state index < -0.39 is 8.32 Å². The SMILES string of the molecule is CCOC(=O)/C=C(\CC)c1cccc(O[Si](C)(C)C(C)(C)C)c1. The Kier molecular flexibility index (Phi) is 6.63. The van der Waals surface area contributed by atoms with Crippen molar-refractivity contribution >= 4 is 19.9 Å². The van der Waals surface area contributed by atoms with Gasteiger partial charge in [-0.3, -0.25) is 0 Å². The minimum atomic E-state index is -1.87. The van der Waals surface area contributed by atoms with Gasteiger partial charge in [-0.05, 0) is 54.7 Å². The molecule has 0 aliphatic carbocycles. The third-order valence-corrected chi connectivity index (χ3v) is 8.70. The monoisotopic (exact) mass is 334 g/mol. The van der Waals surface area contributed by atoms with Crippen LogP contribution in [0.25, 0.3) is 5.57 Å². The highest BCUT2D eigenvalue weighted by Gasteiger charge is 2.38. The van der Waals surface area contributed by atoms with E-state index in [1.54, 1.807) is 6.08 Å². The minimum Gasteiger partial charge on any atom is -0.543 e. The molecule has 0 aromatic heterocycles. The summed E-state index contributed by atoms with van der Waals surface area (Å²) in [6.07, 6.45) is 2.34. The van der Waals surface area contributed by atoms with E-state index in [0.29, 0.717) is 6.61 Å². The van der Waals surface area contributed by atoms with Gasteiger partial charge in [-0.2, -0.15) is 0 Å². The number of carbonyl (C=O) groups is 1. The molecular weight excluding hydrogens is 304 g/mol. The van der Waals surface area contributed by atoms with E-state index in [9.17, 15) is 4.79 Å². The van der Waals surface area contributed by atoms with E-state index in [1.165, 1.54) is 0 Å². The average molecular weight is 335 g/mol. The molecule has 0 unspecified atom stereocenters. The first-order chi connectivity index (χ1) is 10.6. The Balaban J connectivity index is 3.06. The first-order valence-electron chi connectivity index (χ1n) is 8.27. The van der Waals surface area contributed by atoms with Gasteiger partial charge in [0.25, 0.3) is 0 Å². The number of esters is 1. The smallest absolute Gasteiger partial charge is 0.331 e. The van der Waals surface area contributed by atoms with Crippen molar-refractivity contribution in [1.29, 1.82) is 0 Å². The number of rotatable bonds is 6. The van der Waals surface area contributed by atoms with Gasteiger partial charge in [-0.1, -0.05) is 39.8 Å². The van der Waals surface area contributed by atoms with E-state index in [4.69, 9.17) is 9.16 Å². The van der Waals surface area contributed by atoms with Crippen molar-refractivity contribution in [3.8, 4) is 5.75 Å². The van der Waals surface area contributed by atoms with Crippen LogP contribution >= 0.6 is 0 Å². The molecule has 0 saturated heterocycles. The number of allylic oxidation sites excluding steroid dienone is 1. The third-order valence-electron chi connectivity index (χ3n) is 4.34. The van der Waals surface area contributed by atoms with Gasteiger partial charge >= 0.3 is 5.97 Å². The maximum absolute atomic E-state index is 11.7. The summed E-state index contributed by atoms with van der Waals surface area (Å²) in [6.45, 7) is 15.4. The number of hydrogen-bond donors (Lipinski definition) is 0. The zero-order valence-electron chi connectivity index (χ0n) is 15.5. The van der Waals surface area contributed by atoms with Crippen LogP contribution in [0.1, 0.15) is 46.6 Å². The molecular formula is C19H30O3Si. The molecule has 0 fully saturated rings. The zero-order valence-corrected chi connectivity index (χ0v) is 16.5. The largest absolute Gasteiger partial charge is 0.543 e. The second-order valence-electron chi connectivity index (χ2n) is 7.17. The molecule has 0 N–H and O–H groups in total. The van der Waals surface area contributed by atoms with Gasteiger partial charge in [-0.15, -0.1) is 0 Å². The first kappa shape index (κ1) is 19.5. The molecule has 0 spiro atoms. The Labute approximate surface area is 141 Å². The molecule has 0 bridgehead atoms. The Bertz CT molecular complexity index is 568. The highest BCUT2D eigenvalue weighted by Crippen LogP contribution is 2.37. The second kappa shape index (κ2) is 7.82. The van der Waals surface area contributed by atoms with Gasteiger partial charge in [0, 0.05) is 6.08 Å². The van der Waals surface area contributed by atoms with Crippen LogP contribution in [0.15, 0.2) is 30.3 Å². The van der Waals surface area contributed by atoms with Crippen molar-refractivity contribution < 1.29 is 14.0 Å². The fourth-order valence-corrected chi connectivity index (χ4v) is 2.95. The summed E-state index contributed by atoms with van der Waals surface area (Å²) in [5.74, 6) is 0.581. The number of benzene rings is 1. The predicted molar refractivity (Wildman–Crippen MR) is 99.2 cm³/mol. The van der Waals surface area contributed by atoms with Gasteiger partial charge in [0.2, 0.25) is 8.32 Å². The fraction of sp³-hybridized carbons (Fsp3) is 0.526. The molecule has 4 heteroatoms. The average Bonchev–Trinajstić information content (AvgIpc) is 2.43. The number of ether oxygens (including phenoxy) is 1. The molecule has 0 amide bonds. The predicted octanol–water partition coefficient (Wildman–Crippen LogP) is 5.43. The maximum Gasteiger partial charge on any atom is 0.331 e. The van der Waals surface area contributed by atoms with Crippen molar-refractivity contribution in [3.63, 3.8) is 0 Å². The third kappa shape index (κ3) is 5.54. The summed E-state index contributed by atoms with van der Waals surface area (Å²) in [5, 5.41) is 0.150. The van der Waals surface area contributed by atoms with E-state index in [2.05, 4.69) is 33.9 Å². The van der Waals surface area contributed by atoms with Gasteiger partial charge in [0.15, 0.2) is 0 Å². The lowest BCUT2D eigenvalue weighted by Crippen LogP contribution is -2.43. The Hall–Kier alpha value is -1.55. The molecule has 0 heterocycles. The van der Waals surface area contributed by atoms with Crippen molar-refractivity contribution in [2.45, 2.75) is 59.2 Å². The Morgan fingerprint density at radius 1 is 1.22 bits per heavy atom. The van der Waals surface area contributed by atoms with Crippen LogP contribution in [-0.2, 0) is 9.53 Å². The van der Waals surface area contributed by atoms with E-state index in [1.807, 2.05) is 38.1 Å². The molecule has 23 heavy (non-hydrogen) atoms. The van der Waals surface area contributed by atoms with Crippen LogP contribution in [0.4, 0.5) is 0 Å². The van der Waals surface area contributed by atoms with Crippen LogP contribution in [0, 0.1) is 0 Å². The molecule has 0 aliphatic heterocycles. The van der Waals surface area contributed by atoms with Crippen molar-refractivity contribution in [2.24, 2.45) is 0 Å². The quantitative estimate of drug-likeness (QED) is 0.395. The molecule has 128 valence electrons. The topological polar surface area (TPSA) is 35.5 Å². The van der Waals surface area contributed by atoms with Gasteiger partial charge in [0.1, 0.15) is 5.75 Å². The summed E-state index contributed by atoms with van der Waals surface area (Å²) in [7, 11) is -1.87. The summed E-state index contributed by atoms with van der Waals surface area (Å²) in [5.41, 5.74) is 1.97. The highest BCUT2D eigenvalue weighted by molar-refractivity contribution is 6.74. The maximum atomic E-state index is 11.7. The zero-order chi connectivity index (χ0) is 17.7. The second-order valence-corrected chi connectivity index (χ2v) is 11.9. The Morgan fingerprint density at radius 2 is 1.87 bits per heavy atom. The van der Waals surface area contributed by atoms with Crippen LogP contribution in [-0.4, -0.2) is 20.9 Å². The first-order valence-corrected chi connectivity index (χ1v) is 11.2. The van der Waals surface area contributed by atoms with Crippen LogP contribution in [0.5, 0.6) is 5.75 Å². The van der Waals surface area contributed by atoms with Gasteiger partial charge in [0.05, 0.1) is 6.61 Å². The summed E-state index contributed by atoms with van der Waals surface area (Å²) < 4.78 is 11.4. The van der Waals surface area contributed by atoms with Crippen molar-refractivity contribution in [2.75, 3.05) is 6.61 Å². The molecule has 0 saturated carbocycles. The lowest BCUT2D eigenvalue weighted by molar-refractivity contribution is -0.137. The molecule has 3 nitrogen and oxygen atoms in total. The van der Waals surface area contributed by atoms with Crippen molar-refractivity contribution in [1.82, 2.24) is 0 Å². The van der Waals surface area contributed by atoms with Crippen LogP contribution in [0.3, 0.4) is 0 Å². The molecule has 1 aromatic carbocycles. The lowest BCUT2D eigenvalue weighted by atomic mass is 10.0. The van der Waals surface area contributed by atoms with Crippen LogP contribution < -0.4 is 4.43 Å². The lowest BCUT2D eigenvalue weighted by Gasteiger charge is -2.36. The van der Waals surface area contributed by atoms with Gasteiger partial charge in [-0.25, -0.2) is 4.79 Å². The minimum absolute atomic E-state index is 0.150. The standard InChI is InChI=1S/C19H30O3Si/c1-8-15(14-18(20)21-9-2)16-11-10-12-17(13-16)22-23(6,7)19(3,4)5/h10-14H,8-9H2,1-7H3/b15-14+.